The third-order valence-electron chi connectivity index (χ3n) is 9.23. The van der Waals surface area contributed by atoms with Crippen molar-refractivity contribution >= 4 is 5.97 Å². The number of aliphatic hydroxyl groups is 1. The smallest absolute Gasteiger partial charge is 0.306 e. The number of carbonyl (C=O) groups excluding carboxylic acids is 1. The molecule has 0 heterocycles. The summed E-state index contributed by atoms with van der Waals surface area (Å²) in [4.78, 5) is 15.1. The molecule has 0 aromatic rings. The van der Waals surface area contributed by atoms with Gasteiger partial charge in [-0.2, -0.15) is 0 Å². The molecule has 0 saturated carbocycles. The summed E-state index contributed by atoms with van der Waals surface area (Å²) in [6, 6.07) is 0. The number of aliphatic hydroxyl groups excluding tert-OH is 1. The zero-order valence-corrected chi connectivity index (χ0v) is 30.9. The third kappa shape index (κ3) is 34.5. The van der Waals surface area contributed by atoms with E-state index in [0.717, 1.165) is 58.5 Å². The fraction of sp³-hybridized carbons (Fsp3) is 0.975. The average Bonchev–Trinajstić information content (AvgIpc) is 3.04. The van der Waals surface area contributed by atoms with Crippen LogP contribution in [0.25, 0.3) is 0 Å². The molecule has 270 valence electrons. The maximum Gasteiger partial charge on any atom is 0.306 e. The van der Waals surface area contributed by atoms with Crippen LogP contribution in [-0.4, -0.2) is 61.5 Å². The summed E-state index contributed by atoms with van der Waals surface area (Å²) < 4.78 is 11.7. The van der Waals surface area contributed by atoms with Gasteiger partial charge in [-0.15, -0.1) is 0 Å². The van der Waals surface area contributed by atoms with Crippen molar-refractivity contribution in [2.24, 2.45) is 0 Å². The van der Waals surface area contributed by atoms with Crippen LogP contribution >= 0.6 is 0 Å². The van der Waals surface area contributed by atoms with Gasteiger partial charge in [0.1, 0.15) is 6.10 Å². The first-order valence-electron chi connectivity index (χ1n) is 20.3. The van der Waals surface area contributed by atoms with E-state index >= 15 is 0 Å². The van der Waals surface area contributed by atoms with E-state index in [-0.39, 0.29) is 18.7 Å². The Morgan fingerprint density at radius 3 is 1.42 bits per heavy atom. The fourth-order valence-corrected chi connectivity index (χ4v) is 6.23. The van der Waals surface area contributed by atoms with Crippen molar-refractivity contribution in [1.82, 2.24) is 4.90 Å². The molecule has 0 saturated heterocycles. The van der Waals surface area contributed by atoms with Crippen LogP contribution in [-0.2, 0) is 14.3 Å². The van der Waals surface area contributed by atoms with Gasteiger partial charge in [0, 0.05) is 26.2 Å². The Labute approximate surface area is 282 Å². The first-order chi connectivity index (χ1) is 22.2. The summed E-state index contributed by atoms with van der Waals surface area (Å²) in [6.45, 7) is 11.8. The minimum atomic E-state index is 0.0295. The van der Waals surface area contributed by atoms with Crippen molar-refractivity contribution in [3.63, 3.8) is 0 Å². The van der Waals surface area contributed by atoms with Crippen LogP contribution < -0.4 is 0 Å². The Kier molecular flexibility index (Phi) is 37.3. The largest absolute Gasteiger partial charge is 0.462 e. The predicted octanol–water partition coefficient (Wildman–Crippen LogP) is 11.6. The van der Waals surface area contributed by atoms with Gasteiger partial charge in [0.05, 0.1) is 6.61 Å². The van der Waals surface area contributed by atoms with Gasteiger partial charge >= 0.3 is 5.97 Å². The molecule has 45 heavy (non-hydrogen) atoms. The second-order valence-electron chi connectivity index (χ2n) is 13.7. The molecule has 0 radical (unpaired) electrons. The van der Waals surface area contributed by atoms with Crippen molar-refractivity contribution < 1.29 is 19.4 Å². The van der Waals surface area contributed by atoms with Gasteiger partial charge < -0.3 is 19.5 Å². The Morgan fingerprint density at radius 2 is 0.911 bits per heavy atom. The Balaban J connectivity index is 3.95. The van der Waals surface area contributed by atoms with E-state index in [2.05, 4.69) is 25.7 Å². The van der Waals surface area contributed by atoms with Gasteiger partial charge in [-0.05, 0) is 70.9 Å². The SMILES string of the molecule is CCCCCCCCC(CCCCCCCC)OC(=O)CCCCCCCN(CCO)CCCCCCCCOCCCCC. The molecular weight excluding hydrogens is 558 g/mol. The zero-order chi connectivity index (χ0) is 32.9. The van der Waals surface area contributed by atoms with Gasteiger partial charge in [0.15, 0.2) is 0 Å². The molecule has 1 N–H and O–H groups in total. The fourth-order valence-electron chi connectivity index (χ4n) is 6.23. The topological polar surface area (TPSA) is 59.0 Å². The second kappa shape index (κ2) is 37.8. The zero-order valence-electron chi connectivity index (χ0n) is 30.9. The molecule has 0 spiro atoms. The molecule has 0 amide bonds. The van der Waals surface area contributed by atoms with Crippen molar-refractivity contribution in [2.75, 3.05) is 39.5 Å². The number of rotatable bonds is 38. The maximum atomic E-state index is 12.7. The molecule has 0 aromatic heterocycles. The molecule has 0 aliphatic rings. The number of ether oxygens (including phenoxy) is 2. The first-order valence-corrected chi connectivity index (χ1v) is 20.3. The molecule has 0 unspecified atom stereocenters. The highest BCUT2D eigenvalue weighted by molar-refractivity contribution is 5.69. The lowest BCUT2D eigenvalue weighted by atomic mass is 10.0. The average molecular weight is 640 g/mol. The van der Waals surface area contributed by atoms with Gasteiger partial charge in [-0.3, -0.25) is 4.79 Å². The monoisotopic (exact) mass is 640 g/mol. The van der Waals surface area contributed by atoms with Crippen LogP contribution in [0.4, 0.5) is 0 Å². The van der Waals surface area contributed by atoms with Crippen molar-refractivity contribution in [3.8, 4) is 0 Å². The molecular formula is C40H81NO4. The van der Waals surface area contributed by atoms with E-state index in [1.807, 2.05) is 0 Å². The van der Waals surface area contributed by atoms with Crippen LogP contribution in [0.1, 0.15) is 207 Å². The van der Waals surface area contributed by atoms with Gasteiger partial charge in [0.2, 0.25) is 0 Å². The summed E-state index contributed by atoms with van der Waals surface area (Å²) in [5.41, 5.74) is 0. The molecule has 5 nitrogen and oxygen atoms in total. The van der Waals surface area contributed by atoms with Gasteiger partial charge in [-0.1, -0.05) is 143 Å². The van der Waals surface area contributed by atoms with Crippen LogP contribution in [0.2, 0.25) is 0 Å². The normalized spacial score (nSPS) is 11.7. The highest BCUT2D eigenvalue weighted by atomic mass is 16.5. The van der Waals surface area contributed by atoms with Crippen LogP contribution in [0.5, 0.6) is 0 Å². The first kappa shape index (κ1) is 44.4. The third-order valence-corrected chi connectivity index (χ3v) is 9.23. The standard InChI is InChI=1S/C40H81NO4/c1-4-7-10-12-17-23-30-39(31-24-18-13-11-8-5-2)45-40(43)32-25-19-16-21-27-34-41(35-36-42)33-26-20-14-15-22-29-38-44-37-28-9-6-3/h39,42H,4-38H2,1-3H3. The summed E-state index contributed by atoms with van der Waals surface area (Å²) in [5.74, 6) is 0.0295. The number of nitrogens with zero attached hydrogens (tertiary/aromatic N) is 1. The van der Waals surface area contributed by atoms with Crippen LogP contribution in [0, 0.1) is 0 Å². The van der Waals surface area contributed by atoms with Crippen LogP contribution in [0.3, 0.4) is 0 Å². The summed E-state index contributed by atoms with van der Waals surface area (Å²) >= 11 is 0. The Bertz CT molecular complexity index is 556. The van der Waals surface area contributed by atoms with E-state index < -0.39 is 0 Å². The Hall–Kier alpha value is -0.650. The summed E-state index contributed by atoms with van der Waals surface area (Å²) in [7, 11) is 0. The van der Waals surface area contributed by atoms with E-state index in [0.29, 0.717) is 6.42 Å². The molecule has 0 aliphatic heterocycles. The van der Waals surface area contributed by atoms with E-state index in [4.69, 9.17) is 9.47 Å². The summed E-state index contributed by atoms with van der Waals surface area (Å²) in [5, 5.41) is 9.50. The highest BCUT2D eigenvalue weighted by Gasteiger charge is 2.14. The maximum absolute atomic E-state index is 12.7. The second-order valence-corrected chi connectivity index (χ2v) is 13.7. The Morgan fingerprint density at radius 1 is 0.511 bits per heavy atom. The van der Waals surface area contributed by atoms with Crippen molar-refractivity contribution in [1.29, 1.82) is 0 Å². The quantitative estimate of drug-likeness (QED) is 0.0538. The van der Waals surface area contributed by atoms with Crippen molar-refractivity contribution in [2.45, 2.75) is 213 Å². The minimum Gasteiger partial charge on any atom is -0.462 e. The molecule has 0 atom stereocenters. The number of carbonyl (C=O) groups is 1. The van der Waals surface area contributed by atoms with Gasteiger partial charge in [0.25, 0.3) is 0 Å². The lowest BCUT2D eigenvalue weighted by molar-refractivity contribution is -0.150. The van der Waals surface area contributed by atoms with E-state index in [1.165, 1.54) is 154 Å². The molecule has 0 aromatic carbocycles. The van der Waals surface area contributed by atoms with Gasteiger partial charge in [-0.25, -0.2) is 0 Å². The van der Waals surface area contributed by atoms with Crippen molar-refractivity contribution in [3.05, 3.63) is 0 Å². The van der Waals surface area contributed by atoms with E-state index in [9.17, 15) is 9.90 Å². The lowest BCUT2D eigenvalue weighted by Crippen LogP contribution is -2.29. The molecule has 0 bridgehead atoms. The van der Waals surface area contributed by atoms with Crippen LogP contribution in [0.15, 0.2) is 0 Å². The minimum absolute atomic E-state index is 0.0295. The number of hydrogen-bond acceptors (Lipinski definition) is 5. The number of hydrogen-bond donors (Lipinski definition) is 1. The molecule has 0 rings (SSSR count). The summed E-state index contributed by atoms with van der Waals surface area (Å²) in [6.07, 6.45) is 35.3. The molecule has 5 heteroatoms. The molecule has 0 fully saturated rings. The number of unbranched alkanes of at least 4 members (excludes halogenated alkanes) is 21. The number of esters is 1. The predicted molar refractivity (Wildman–Crippen MR) is 195 cm³/mol. The van der Waals surface area contributed by atoms with E-state index in [1.54, 1.807) is 0 Å². The highest BCUT2D eigenvalue weighted by Crippen LogP contribution is 2.18. The molecule has 0 aliphatic carbocycles. The lowest BCUT2D eigenvalue weighted by Gasteiger charge is -2.21.